The van der Waals surface area contributed by atoms with Gasteiger partial charge in [0, 0.05) is 18.5 Å². The Morgan fingerprint density at radius 1 is 1.32 bits per heavy atom. The zero-order valence-electron chi connectivity index (χ0n) is 11.4. The summed E-state index contributed by atoms with van der Waals surface area (Å²) in [5.74, 6) is 0. The van der Waals surface area contributed by atoms with Gasteiger partial charge in [-0.1, -0.05) is 36.8 Å². The van der Waals surface area contributed by atoms with Gasteiger partial charge in [0.15, 0.2) is 0 Å². The standard InChI is InChI=1S/C15H20N2OS/c1-3-15-17-13(10-19-15)8-16-9-14(18)12-6-4-11(2)5-7-12/h4-7,10,14,16,18H,3,8-9H2,1-2H3. The number of nitrogens with one attached hydrogen (secondary N) is 1. The Balaban J connectivity index is 1.80. The highest BCUT2D eigenvalue weighted by Crippen LogP contribution is 2.13. The van der Waals surface area contributed by atoms with E-state index in [1.807, 2.05) is 31.2 Å². The van der Waals surface area contributed by atoms with Gasteiger partial charge in [-0.05, 0) is 18.9 Å². The number of hydrogen-bond donors (Lipinski definition) is 2. The maximum absolute atomic E-state index is 10.1. The van der Waals surface area contributed by atoms with E-state index in [1.54, 1.807) is 11.3 Å². The zero-order valence-corrected chi connectivity index (χ0v) is 12.2. The number of rotatable bonds is 6. The van der Waals surface area contributed by atoms with Crippen LogP contribution in [0.15, 0.2) is 29.6 Å². The van der Waals surface area contributed by atoms with E-state index in [2.05, 4.69) is 22.6 Å². The fourth-order valence-corrected chi connectivity index (χ4v) is 2.58. The van der Waals surface area contributed by atoms with Crippen LogP contribution in [0.3, 0.4) is 0 Å². The highest BCUT2D eigenvalue weighted by Gasteiger charge is 2.07. The first kappa shape index (κ1) is 14.2. The lowest BCUT2D eigenvalue weighted by Gasteiger charge is -2.11. The SMILES string of the molecule is CCc1nc(CNCC(O)c2ccc(C)cc2)cs1. The molecule has 0 spiro atoms. The summed E-state index contributed by atoms with van der Waals surface area (Å²) in [6, 6.07) is 7.98. The van der Waals surface area contributed by atoms with E-state index >= 15 is 0 Å². The van der Waals surface area contributed by atoms with Gasteiger partial charge in [-0.2, -0.15) is 0 Å². The number of aromatic nitrogens is 1. The van der Waals surface area contributed by atoms with Crippen molar-refractivity contribution in [3.63, 3.8) is 0 Å². The number of benzene rings is 1. The maximum atomic E-state index is 10.1. The lowest BCUT2D eigenvalue weighted by molar-refractivity contribution is 0.174. The third kappa shape index (κ3) is 4.13. The second-order valence-corrected chi connectivity index (χ2v) is 5.59. The number of hydrogen-bond acceptors (Lipinski definition) is 4. The largest absolute Gasteiger partial charge is 0.387 e. The van der Waals surface area contributed by atoms with Crippen molar-refractivity contribution in [2.24, 2.45) is 0 Å². The van der Waals surface area contributed by atoms with Crippen LogP contribution in [0.2, 0.25) is 0 Å². The van der Waals surface area contributed by atoms with Crippen molar-refractivity contribution in [3.05, 3.63) is 51.5 Å². The van der Waals surface area contributed by atoms with Crippen LogP contribution in [0.5, 0.6) is 0 Å². The molecule has 19 heavy (non-hydrogen) atoms. The van der Waals surface area contributed by atoms with Crippen LogP contribution in [0.1, 0.15) is 34.9 Å². The molecule has 0 fully saturated rings. The van der Waals surface area contributed by atoms with Crippen LogP contribution >= 0.6 is 11.3 Å². The summed E-state index contributed by atoms with van der Waals surface area (Å²) in [5.41, 5.74) is 3.21. The Kier molecular flexibility index (Phi) is 5.07. The van der Waals surface area contributed by atoms with E-state index in [-0.39, 0.29) is 0 Å². The van der Waals surface area contributed by atoms with Crippen molar-refractivity contribution in [1.29, 1.82) is 0 Å². The van der Waals surface area contributed by atoms with Crippen molar-refractivity contribution >= 4 is 11.3 Å². The third-order valence-corrected chi connectivity index (χ3v) is 4.05. The summed E-state index contributed by atoms with van der Waals surface area (Å²) in [7, 11) is 0. The van der Waals surface area contributed by atoms with Gasteiger partial charge in [-0.3, -0.25) is 0 Å². The van der Waals surface area contributed by atoms with Crippen LogP contribution < -0.4 is 5.32 Å². The molecule has 0 aliphatic carbocycles. The van der Waals surface area contributed by atoms with Gasteiger partial charge in [-0.25, -0.2) is 4.98 Å². The molecule has 4 heteroatoms. The van der Waals surface area contributed by atoms with Gasteiger partial charge in [0.05, 0.1) is 16.8 Å². The molecule has 1 heterocycles. The Bertz CT molecular complexity index is 507. The van der Waals surface area contributed by atoms with Gasteiger partial charge in [0.1, 0.15) is 0 Å². The molecule has 1 unspecified atom stereocenters. The van der Waals surface area contributed by atoms with Crippen LogP contribution in [0.25, 0.3) is 0 Å². The van der Waals surface area contributed by atoms with Crippen LogP contribution in [-0.2, 0) is 13.0 Å². The molecule has 0 saturated carbocycles. The molecule has 2 aromatic rings. The van der Waals surface area contributed by atoms with Gasteiger partial charge in [-0.15, -0.1) is 11.3 Å². The summed E-state index contributed by atoms with van der Waals surface area (Å²) < 4.78 is 0. The lowest BCUT2D eigenvalue weighted by Crippen LogP contribution is -2.21. The Morgan fingerprint density at radius 2 is 2.05 bits per heavy atom. The number of aliphatic hydroxyl groups excluding tert-OH is 1. The Hall–Kier alpha value is -1.23. The van der Waals surface area contributed by atoms with Crippen LogP contribution in [0, 0.1) is 6.92 Å². The van der Waals surface area contributed by atoms with Gasteiger partial charge in [0.25, 0.3) is 0 Å². The van der Waals surface area contributed by atoms with Crippen molar-refractivity contribution in [2.75, 3.05) is 6.54 Å². The van der Waals surface area contributed by atoms with E-state index in [1.165, 1.54) is 5.56 Å². The summed E-state index contributed by atoms with van der Waals surface area (Å²) in [6.07, 6.45) is 0.515. The van der Waals surface area contributed by atoms with Crippen LogP contribution in [-0.4, -0.2) is 16.6 Å². The summed E-state index contributed by atoms with van der Waals surface area (Å²) in [6.45, 7) is 5.40. The molecule has 1 aromatic carbocycles. The molecule has 0 amide bonds. The molecule has 0 radical (unpaired) electrons. The fraction of sp³-hybridized carbons (Fsp3) is 0.400. The van der Waals surface area contributed by atoms with E-state index in [0.29, 0.717) is 13.1 Å². The third-order valence-electron chi connectivity index (χ3n) is 3.01. The van der Waals surface area contributed by atoms with Crippen molar-refractivity contribution < 1.29 is 5.11 Å². The minimum absolute atomic E-state index is 0.468. The molecule has 0 aliphatic rings. The first-order valence-electron chi connectivity index (χ1n) is 6.57. The molecule has 2 rings (SSSR count). The topological polar surface area (TPSA) is 45.2 Å². The van der Waals surface area contributed by atoms with Gasteiger partial charge < -0.3 is 10.4 Å². The number of aliphatic hydroxyl groups is 1. The number of thiazole rings is 1. The second-order valence-electron chi connectivity index (χ2n) is 4.64. The van der Waals surface area contributed by atoms with Gasteiger partial charge >= 0.3 is 0 Å². The van der Waals surface area contributed by atoms with Gasteiger partial charge in [0.2, 0.25) is 0 Å². The average Bonchev–Trinajstić information content (AvgIpc) is 2.87. The highest BCUT2D eigenvalue weighted by atomic mass is 32.1. The van der Waals surface area contributed by atoms with E-state index in [9.17, 15) is 5.11 Å². The van der Waals surface area contributed by atoms with Crippen molar-refractivity contribution in [3.8, 4) is 0 Å². The lowest BCUT2D eigenvalue weighted by atomic mass is 10.1. The van der Waals surface area contributed by atoms with Crippen LogP contribution in [0.4, 0.5) is 0 Å². The predicted octanol–water partition coefficient (Wildman–Crippen LogP) is 2.84. The Morgan fingerprint density at radius 3 is 2.68 bits per heavy atom. The van der Waals surface area contributed by atoms with Crippen molar-refractivity contribution in [1.82, 2.24) is 10.3 Å². The molecular weight excluding hydrogens is 256 g/mol. The van der Waals surface area contributed by atoms with E-state index < -0.39 is 6.10 Å². The maximum Gasteiger partial charge on any atom is 0.0926 e. The highest BCUT2D eigenvalue weighted by molar-refractivity contribution is 7.09. The first-order valence-corrected chi connectivity index (χ1v) is 7.45. The average molecular weight is 276 g/mol. The second kappa shape index (κ2) is 6.80. The van der Waals surface area contributed by atoms with Crippen molar-refractivity contribution in [2.45, 2.75) is 32.9 Å². The summed E-state index contributed by atoms with van der Waals surface area (Å²) in [4.78, 5) is 4.48. The first-order chi connectivity index (χ1) is 9.19. The molecule has 1 atom stereocenters. The quantitative estimate of drug-likeness (QED) is 0.853. The minimum Gasteiger partial charge on any atom is -0.387 e. The summed E-state index contributed by atoms with van der Waals surface area (Å²) in [5, 5.41) is 16.5. The normalized spacial score (nSPS) is 12.6. The molecule has 2 N–H and O–H groups in total. The number of aryl methyl sites for hydroxylation is 2. The molecule has 1 aromatic heterocycles. The molecule has 102 valence electrons. The molecule has 0 bridgehead atoms. The smallest absolute Gasteiger partial charge is 0.0926 e. The minimum atomic E-state index is -0.468. The molecular formula is C15H20N2OS. The fourth-order valence-electron chi connectivity index (χ4n) is 1.84. The predicted molar refractivity (Wildman–Crippen MR) is 79.3 cm³/mol. The van der Waals surface area contributed by atoms with E-state index in [4.69, 9.17) is 0 Å². The Labute approximate surface area is 118 Å². The van der Waals surface area contributed by atoms with E-state index in [0.717, 1.165) is 22.7 Å². The number of nitrogens with zero attached hydrogens (tertiary/aromatic N) is 1. The zero-order chi connectivity index (χ0) is 13.7. The molecule has 3 nitrogen and oxygen atoms in total. The molecule has 0 saturated heterocycles. The monoisotopic (exact) mass is 276 g/mol. The molecule has 0 aliphatic heterocycles. The summed E-state index contributed by atoms with van der Waals surface area (Å²) >= 11 is 1.69.